The van der Waals surface area contributed by atoms with Gasteiger partial charge in [0.2, 0.25) is 11.8 Å². The van der Waals surface area contributed by atoms with Gasteiger partial charge in [-0.05, 0) is 66.5 Å². The number of hydrogen-bond acceptors (Lipinski definition) is 5. The third-order valence-electron chi connectivity index (χ3n) is 8.18. The maximum absolute atomic E-state index is 11.8. The molecule has 1 atom stereocenters. The Balaban J connectivity index is 1.29. The number of methoxy groups -OCH3 is 1. The van der Waals surface area contributed by atoms with Crippen molar-refractivity contribution in [1.82, 2.24) is 9.80 Å². The molecule has 198 valence electrons. The Morgan fingerprint density at radius 3 is 2.51 bits per heavy atom. The van der Waals surface area contributed by atoms with E-state index >= 15 is 0 Å². The van der Waals surface area contributed by atoms with Gasteiger partial charge in [0, 0.05) is 42.6 Å². The number of fused-ring (bicyclic) bond motifs is 1. The molecule has 2 fully saturated rings. The first kappa shape index (κ1) is 26.2. The van der Waals surface area contributed by atoms with Crippen molar-refractivity contribution in [2.75, 3.05) is 20.4 Å². The van der Waals surface area contributed by atoms with Crippen molar-refractivity contribution in [3.8, 4) is 5.75 Å². The lowest BCUT2D eigenvalue weighted by molar-refractivity contribution is -0.145. The molecule has 1 heterocycles. The predicted octanol–water partition coefficient (Wildman–Crippen LogP) is 6.04. The molecular formula is C30H37ClN2O4. The Kier molecular flexibility index (Phi) is 8.48. The zero-order valence-corrected chi connectivity index (χ0v) is 22.5. The van der Waals surface area contributed by atoms with E-state index in [1.54, 1.807) is 7.11 Å². The maximum Gasteiger partial charge on any atom is 0.231 e. The molecule has 3 aliphatic rings. The summed E-state index contributed by atoms with van der Waals surface area (Å²) < 4.78 is 11.4. The normalized spacial score (nSPS) is 20.2. The van der Waals surface area contributed by atoms with Crippen LogP contribution in [-0.4, -0.2) is 42.0 Å². The molecule has 5 rings (SSSR count). The number of carbonyl (C=O) groups excluding carboxylic acids is 2. The van der Waals surface area contributed by atoms with E-state index in [2.05, 4.69) is 29.2 Å². The molecule has 0 bridgehead atoms. The van der Waals surface area contributed by atoms with Gasteiger partial charge >= 0.3 is 0 Å². The number of imide groups is 1. The summed E-state index contributed by atoms with van der Waals surface area (Å²) in [4.78, 5) is 27.5. The Labute approximate surface area is 224 Å². The lowest BCUT2D eigenvalue weighted by Gasteiger charge is -2.34. The third-order valence-corrected chi connectivity index (χ3v) is 8.41. The lowest BCUT2D eigenvalue weighted by Crippen LogP contribution is -2.33. The highest BCUT2D eigenvalue weighted by atomic mass is 35.5. The van der Waals surface area contributed by atoms with E-state index in [0.717, 1.165) is 48.2 Å². The van der Waals surface area contributed by atoms with E-state index in [9.17, 15) is 9.59 Å². The van der Waals surface area contributed by atoms with Crippen LogP contribution in [-0.2, 0) is 33.9 Å². The first-order chi connectivity index (χ1) is 18.0. The first-order valence-electron chi connectivity index (χ1n) is 13.6. The zero-order chi connectivity index (χ0) is 25.8. The van der Waals surface area contributed by atoms with Crippen LogP contribution in [0.25, 0.3) is 0 Å². The molecule has 1 aliphatic heterocycles. The topological polar surface area (TPSA) is 59.1 Å². The van der Waals surface area contributed by atoms with Gasteiger partial charge in [0.25, 0.3) is 0 Å². The number of ether oxygens (including phenoxy) is 2. The van der Waals surface area contributed by atoms with Gasteiger partial charge in [-0.1, -0.05) is 49.1 Å². The van der Waals surface area contributed by atoms with Crippen LogP contribution in [0.5, 0.6) is 5.75 Å². The van der Waals surface area contributed by atoms with E-state index in [1.165, 1.54) is 53.7 Å². The summed E-state index contributed by atoms with van der Waals surface area (Å²) in [5, 5.41) is 0.819. The molecular weight excluding hydrogens is 488 g/mol. The molecule has 7 heteroatoms. The van der Waals surface area contributed by atoms with Gasteiger partial charge in [-0.2, -0.15) is 0 Å². The van der Waals surface area contributed by atoms with Crippen LogP contribution in [0.4, 0.5) is 0 Å². The van der Waals surface area contributed by atoms with Crippen molar-refractivity contribution in [2.24, 2.45) is 5.92 Å². The van der Waals surface area contributed by atoms with Crippen LogP contribution in [0.15, 0.2) is 36.4 Å². The number of halogens is 1. The van der Waals surface area contributed by atoms with E-state index in [1.807, 2.05) is 12.1 Å². The fourth-order valence-electron chi connectivity index (χ4n) is 6.20. The third kappa shape index (κ3) is 6.19. The molecule has 1 saturated heterocycles. The molecule has 2 amide bonds. The highest BCUT2D eigenvalue weighted by Crippen LogP contribution is 2.39. The fraction of sp³-hybridized carbons (Fsp3) is 0.533. The second-order valence-electron chi connectivity index (χ2n) is 10.7. The minimum Gasteiger partial charge on any atom is -0.496 e. The second-order valence-corrected chi connectivity index (χ2v) is 11.1. The van der Waals surface area contributed by atoms with Crippen molar-refractivity contribution in [3.05, 3.63) is 63.7 Å². The summed E-state index contributed by atoms with van der Waals surface area (Å²) in [6.45, 7) is 2.24. The minimum absolute atomic E-state index is 0.0111. The summed E-state index contributed by atoms with van der Waals surface area (Å²) in [7, 11) is 1.67. The highest BCUT2D eigenvalue weighted by Gasteiger charge is 2.31. The average molecular weight is 525 g/mol. The van der Waals surface area contributed by atoms with Gasteiger partial charge in [-0.3, -0.25) is 19.4 Å². The van der Waals surface area contributed by atoms with Gasteiger partial charge in [0.05, 0.1) is 13.7 Å². The van der Waals surface area contributed by atoms with Gasteiger partial charge in [0.15, 0.2) is 0 Å². The molecule has 6 nitrogen and oxygen atoms in total. The van der Waals surface area contributed by atoms with Crippen LogP contribution in [0.2, 0.25) is 5.02 Å². The lowest BCUT2D eigenvalue weighted by atomic mass is 9.88. The van der Waals surface area contributed by atoms with Crippen molar-refractivity contribution in [2.45, 2.75) is 77.0 Å². The van der Waals surface area contributed by atoms with Crippen LogP contribution in [0.3, 0.4) is 0 Å². The number of likely N-dealkylation sites (tertiary alicyclic amines) is 1. The number of carbonyl (C=O) groups is 2. The summed E-state index contributed by atoms with van der Waals surface area (Å²) in [5.41, 5.74) is 4.92. The minimum atomic E-state index is -0.166. The number of aryl methyl sites for hydroxylation is 1. The highest BCUT2D eigenvalue weighted by molar-refractivity contribution is 6.30. The average Bonchev–Trinajstić information content (AvgIpc) is 3.47. The van der Waals surface area contributed by atoms with E-state index in [-0.39, 0.29) is 38.0 Å². The molecule has 37 heavy (non-hydrogen) atoms. The largest absolute Gasteiger partial charge is 0.496 e. The van der Waals surface area contributed by atoms with Gasteiger partial charge in [-0.15, -0.1) is 0 Å². The maximum atomic E-state index is 11.8. The van der Waals surface area contributed by atoms with Crippen molar-refractivity contribution < 1.29 is 19.1 Å². The molecule has 1 saturated carbocycles. The Hall–Kier alpha value is -2.41. The van der Waals surface area contributed by atoms with E-state index in [4.69, 9.17) is 21.1 Å². The van der Waals surface area contributed by atoms with Gasteiger partial charge in [0.1, 0.15) is 12.5 Å². The Morgan fingerprint density at radius 1 is 0.973 bits per heavy atom. The number of amides is 2. The molecule has 0 unspecified atom stereocenters. The summed E-state index contributed by atoms with van der Waals surface area (Å²) in [6, 6.07) is 13.1. The van der Waals surface area contributed by atoms with E-state index in [0.29, 0.717) is 6.04 Å². The number of benzene rings is 2. The molecule has 2 aromatic carbocycles. The number of rotatable bonds is 10. The number of hydrogen-bond donors (Lipinski definition) is 0. The van der Waals surface area contributed by atoms with Crippen molar-refractivity contribution >= 4 is 23.4 Å². The molecule has 0 N–H and O–H groups in total. The quantitative estimate of drug-likeness (QED) is 0.354. The molecule has 0 spiro atoms. The van der Waals surface area contributed by atoms with Gasteiger partial charge < -0.3 is 9.47 Å². The zero-order valence-electron chi connectivity index (χ0n) is 21.7. The van der Waals surface area contributed by atoms with Crippen molar-refractivity contribution in [3.63, 3.8) is 0 Å². The summed E-state index contributed by atoms with van der Waals surface area (Å²) in [5.74, 6) is 1.19. The van der Waals surface area contributed by atoms with Crippen LogP contribution in [0.1, 0.15) is 79.7 Å². The number of nitrogens with zero attached hydrogens (tertiary/aromatic N) is 2. The predicted molar refractivity (Wildman–Crippen MR) is 143 cm³/mol. The van der Waals surface area contributed by atoms with Crippen LogP contribution < -0.4 is 4.74 Å². The van der Waals surface area contributed by atoms with Crippen LogP contribution >= 0.6 is 11.6 Å². The van der Waals surface area contributed by atoms with Gasteiger partial charge in [-0.25, -0.2) is 0 Å². The Morgan fingerprint density at radius 2 is 1.76 bits per heavy atom. The van der Waals surface area contributed by atoms with Crippen LogP contribution in [0, 0.1) is 5.92 Å². The SMILES string of the molecule is COc1cc(CN(CC2CCCCC2)[C@H]2CCc3cc(Cl)ccc32)ccc1COCN1C(=O)CCC1=O. The summed E-state index contributed by atoms with van der Waals surface area (Å²) in [6.07, 6.45) is 9.42. The fourth-order valence-corrected chi connectivity index (χ4v) is 6.40. The Bertz CT molecular complexity index is 1110. The second kappa shape index (κ2) is 12.0. The smallest absolute Gasteiger partial charge is 0.231 e. The molecule has 0 radical (unpaired) electrons. The molecule has 2 aromatic rings. The molecule has 2 aliphatic carbocycles. The monoisotopic (exact) mass is 524 g/mol. The van der Waals surface area contributed by atoms with Crippen molar-refractivity contribution in [1.29, 1.82) is 0 Å². The summed E-state index contributed by atoms with van der Waals surface area (Å²) >= 11 is 6.30. The first-order valence-corrected chi connectivity index (χ1v) is 14.0. The standard InChI is InChI=1S/C30H37ClN2O4/c1-36-28-15-22(7-8-24(28)19-37-20-33-29(34)13-14-30(33)35)18-32(17-21-5-3-2-4-6-21)27-12-9-23-16-25(31)10-11-26(23)27/h7-8,10-11,15-16,21,27H,2-6,9,12-14,17-20H2,1H3/t27-/m0/s1. The molecule has 0 aromatic heterocycles. The van der Waals surface area contributed by atoms with E-state index < -0.39 is 0 Å².